The molecule has 0 saturated heterocycles. The molecular weight excluding hydrogens is 488 g/mol. The smallest absolute Gasteiger partial charge is 0.243 e. The summed E-state index contributed by atoms with van der Waals surface area (Å²) in [6, 6.07) is 16.1. The van der Waals surface area contributed by atoms with Gasteiger partial charge in [-0.05, 0) is 66.1 Å². The summed E-state index contributed by atoms with van der Waals surface area (Å²) in [5, 5.41) is 2.68. The van der Waals surface area contributed by atoms with Crippen molar-refractivity contribution in [3.63, 3.8) is 0 Å². The molecule has 5 nitrogen and oxygen atoms in total. The third-order valence-corrected chi connectivity index (χ3v) is 9.09. The van der Waals surface area contributed by atoms with Crippen LogP contribution in [0.2, 0.25) is 5.02 Å². The minimum Gasteiger partial charge on any atom is -0.330 e. The number of amides is 1. The van der Waals surface area contributed by atoms with Gasteiger partial charge in [0.1, 0.15) is 0 Å². The van der Waals surface area contributed by atoms with E-state index in [-0.39, 0.29) is 35.9 Å². The molecule has 0 N–H and O–H groups in total. The van der Waals surface area contributed by atoms with Gasteiger partial charge in [0.05, 0.1) is 17.5 Å². The molecule has 3 aromatic rings. The van der Waals surface area contributed by atoms with Crippen molar-refractivity contribution < 1.29 is 13.2 Å². The van der Waals surface area contributed by atoms with Crippen molar-refractivity contribution in [3.05, 3.63) is 86.6 Å². The molecule has 8 heteroatoms. The Morgan fingerprint density at radius 3 is 2.44 bits per heavy atom. The largest absolute Gasteiger partial charge is 0.330 e. The molecule has 0 aliphatic carbocycles. The molecule has 180 valence electrons. The number of nitrogens with zero attached hydrogens (tertiary/aromatic N) is 2. The number of rotatable bonds is 7. The van der Waals surface area contributed by atoms with Crippen LogP contribution in [0.1, 0.15) is 41.5 Å². The maximum Gasteiger partial charge on any atom is 0.243 e. The van der Waals surface area contributed by atoms with E-state index in [0.29, 0.717) is 11.6 Å². The summed E-state index contributed by atoms with van der Waals surface area (Å²) in [7, 11) is -3.81. The van der Waals surface area contributed by atoms with Gasteiger partial charge in [0.2, 0.25) is 15.9 Å². The van der Waals surface area contributed by atoms with Crippen LogP contribution in [-0.4, -0.2) is 43.2 Å². The highest BCUT2D eigenvalue weighted by Gasteiger charge is 2.35. The predicted octanol–water partition coefficient (Wildman–Crippen LogP) is 5.53. The maximum absolute atomic E-state index is 13.7. The summed E-state index contributed by atoms with van der Waals surface area (Å²) in [6.07, 6.45) is 0.762. The average Bonchev–Trinajstić information content (AvgIpc) is 3.27. The SMILES string of the molecule is Cc1ccc(S(=O)(=O)N(CC(=O)N2CCc3sccc3C2c2ccc(Cl)cc2)CC(C)C)cc1. The monoisotopic (exact) mass is 516 g/mol. The first kappa shape index (κ1) is 24.9. The topological polar surface area (TPSA) is 57.7 Å². The van der Waals surface area contributed by atoms with Crippen molar-refractivity contribution in [2.24, 2.45) is 5.92 Å². The van der Waals surface area contributed by atoms with Crippen molar-refractivity contribution >= 4 is 38.9 Å². The second-order valence-electron chi connectivity index (χ2n) is 9.09. The van der Waals surface area contributed by atoms with Crippen LogP contribution in [0.4, 0.5) is 0 Å². The number of sulfonamides is 1. The van der Waals surface area contributed by atoms with Crippen LogP contribution in [0.3, 0.4) is 0 Å². The summed E-state index contributed by atoms with van der Waals surface area (Å²) in [4.78, 5) is 17.0. The molecule has 1 atom stereocenters. The first-order valence-corrected chi connectivity index (χ1v) is 14.0. The van der Waals surface area contributed by atoms with E-state index in [0.717, 1.165) is 23.1 Å². The van der Waals surface area contributed by atoms with E-state index in [9.17, 15) is 13.2 Å². The molecule has 1 aliphatic heterocycles. The molecule has 0 bridgehead atoms. The number of fused-ring (bicyclic) bond motifs is 1. The Kier molecular flexibility index (Phi) is 7.48. The number of carbonyl (C=O) groups is 1. The highest BCUT2D eigenvalue weighted by molar-refractivity contribution is 7.89. The Morgan fingerprint density at radius 2 is 1.79 bits per heavy atom. The maximum atomic E-state index is 13.7. The van der Waals surface area contributed by atoms with Crippen molar-refractivity contribution in [2.75, 3.05) is 19.6 Å². The zero-order valence-electron chi connectivity index (χ0n) is 19.6. The molecule has 34 heavy (non-hydrogen) atoms. The van der Waals surface area contributed by atoms with Gasteiger partial charge in [0.15, 0.2) is 0 Å². The van der Waals surface area contributed by atoms with Crippen LogP contribution < -0.4 is 0 Å². The third kappa shape index (κ3) is 5.23. The Balaban J connectivity index is 1.66. The Hall–Kier alpha value is -2.19. The van der Waals surface area contributed by atoms with Crippen molar-refractivity contribution in [1.29, 1.82) is 0 Å². The first-order valence-electron chi connectivity index (χ1n) is 11.3. The number of benzene rings is 2. The third-order valence-electron chi connectivity index (χ3n) is 6.01. The standard InChI is InChI=1S/C26H29ClN2O3S2/c1-18(2)16-28(34(31,32)22-10-4-19(3)5-11-22)17-25(30)29-14-12-24-23(13-15-33-24)26(29)20-6-8-21(27)9-7-20/h4-11,13,15,18,26H,12,14,16-17H2,1-3H3. The molecule has 4 rings (SSSR count). The zero-order chi connectivity index (χ0) is 24.5. The van der Waals surface area contributed by atoms with Gasteiger partial charge >= 0.3 is 0 Å². The fourth-order valence-electron chi connectivity index (χ4n) is 4.35. The zero-order valence-corrected chi connectivity index (χ0v) is 22.0. The summed E-state index contributed by atoms with van der Waals surface area (Å²) in [5.41, 5.74) is 3.05. The predicted molar refractivity (Wildman–Crippen MR) is 138 cm³/mol. The van der Waals surface area contributed by atoms with E-state index in [1.54, 1.807) is 35.6 Å². The van der Waals surface area contributed by atoms with Gasteiger partial charge in [-0.25, -0.2) is 8.42 Å². The highest BCUT2D eigenvalue weighted by Crippen LogP contribution is 2.38. The van der Waals surface area contributed by atoms with E-state index in [4.69, 9.17) is 11.6 Å². The van der Waals surface area contributed by atoms with Crippen LogP contribution in [0.25, 0.3) is 0 Å². The van der Waals surface area contributed by atoms with Gasteiger partial charge in [0.25, 0.3) is 0 Å². The fraction of sp³-hybridized carbons (Fsp3) is 0.346. The van der Waals surface area contributed by atoms with E-state index >= 15 is 0 Å². The molecule has 1 amide bonds. The normalized spacial score (nSPS) is 16.2. The van der Waals surface area contributed by atoms with Crippen LogP contribution in [0.15, 0.2) is 64.9 Å². The quantitative estimate of drug-likeness (QED) is 0.415. The summed E-state index contributed by atoms with van der Waals surface area (Å²) < 4.78 is 28.3. The van der Waals surface area contributed by atoms with Crippen LogP contribution in [0.5, 0.6) is 0 Å². The van der Waals surface area contributed by atoms with Gasteiger partial charge in [-0.15, -0.1) is 11.3 Å². The fourth-order valence-corrected chi connectivity index (χ4v) is 6.93. The van der Waals surface area contributed by atoms with E-state index in [1.807, 2.05) is 49.9 Å². The highest BCUT2D eigenvalue weighted by atomic mass is 35.5. The van der Waals surface area contributed by atoms with Gasteiger partial charge in [-0.3, -0.25) is 4.79 Å². The van der Waals surface area contributed by atoms with E-state index in [2.05, 4.69) is 11.4 Å². The minimum atomic E-state index is -3.81. The molecule has 1 aliphatic rings. The number of halogens is 1. The summed E-state index contributed by atoms with van der Waals surface area (Å²) >= 11 is 7.81. The van der Waals surface area contributed by atoms with E-state index in [1.165, 1.54) is 9.18 Å². The Morgan fingerprint density at radius 1 is 1.12 bits per heavy atom. The molecule has 2 heterocycles. The van der Waals surface area contributed by atoms with Gasteiger partial charge in [-0.1, -0.05) is 55.3 Å². The molecule has 0 spiro atoms. The summed E-state index contributed by atoms with van der Waals surface area (Å²) in [6.45, 7) is 6.44. The lowest BCUT2D eigenvalue weighted by atomic mass is 9.93. The second kappa shape index (κ2) is 10.2. The molecule has 0 radical (unpaired) electrons. The molecule has 0 saturated carbocycles. The summed E-state index contributed by atoms with van der Waals surface area (Å²) in [5.74, 6) is -0.127. The first-order chi connectivity index (χ1) is 16.2. The van der Waals surface area contributed by atoms with Gasteiger partial charge < -0.3 is 4.90 Å². The van der Waals surface area contributed by atoms with Gasteiger partial charge in [-0.2, -0.15) is 4.31 Å². The van der Waals surface area contributed by atoms with Crippen molar-refractivity contribution in [2.45, 2.75) is 38.1 Å². The minimum absolute atomic E-state index is 0.0740. The number of aryl methyl sites for hydroxylation is 1. The number of hydrogen-bond acceptors (Lipinski definition) is 4. The number of hydrogen-bond donors (Lipinski definition) is 0. The van der Waals surface area contributed by atoms with Crippen LogP contribution in [0, 0.1) is 12.8 Å². The van der Waals surface area contributed by atoms with Gasteiger partial charge in [0, 0.05) is 23.0 Å². The lowest BCUT2D eigenvalue weighted by molar-refractivity contribution is -0.133. The van der Waals surface area contributed by atoms with Crippen LogP contribution >= 0.6 is 22.9 Å². The average molecular weight is 517 g/mol. The Labute approximate surface area is 211 Å². The Bertz CT molecular complexity index is 1250. The molecular formula is C26H29ClN2O3S2. The number of carbonyl (C=O) groups excluding carboxylic acids is 1. The van der Waals surface area contributed by atoms with E-state index < -0.39 is 10.0 Å². The van der Waals surface area contributed by atoms with Crippen molar-refractivity contribution in [1.82, 2.24) is 9.21 Å². The molecule has 1 unspecified atom stereocenters. The lowest BCUT2D eigenvalue weighted by Crippen LogP contribution is -2.47. The second-order valence-corrected chi connectivity index (χ2v) is 12.5. The molecule has 0 fully saturated rings. The molecule has 2 aromatic carbocycles. The van der Waals surface area contributed by atoms with Crippen molar-refractivity contribution in [3.8, 4) is 0 Å². The molecule has 1 aromatic heterocycles. The van der Waals surface area contributed by atoms with Crippen LogP contribution in [-0.2, 0) is 21.2 Å². The number of thiophene rings is 1. The lowest BCUT2D eigenvalue weighted by Gasteiger charge is -2.37.